The molecule has 1 aliphatic rings. The van der Waals surface area contributed by atoms with Crippen molar-refractivity contribution in [1.29, 1.82) is 0 Å². The van der Waals surface area contributed by atoms with Crippen LogP contribution in [-0.4, -0.2) is 33.6 Å². The van der Waals surface area contributed by atoms with Crippen LogP contribution in [0.15, 0.2) is 47.3 Å². The Morgan fingerprint density at radius 3 is 2.56 bits per heavy atom. The summed E-state index contributed by atoms with van der Waals surface area (Å²) in [6, 6.07) is 12.5. The molecule has 0 radical (unpaired) electrons. The van der Waals surface area contributed by atoms with Gasteiger partial charge in [-0.1, -0.05) is 35.3 Å². The number of rotatable bonds is 2. The van der Waals surface area contributed by atoms with E-state index < -0.39 is 0 Å². The monoisotopic (exact) mass is 404 g/mol. The summed E-state index contributed by atoms with van der Waals surface area (Å²) in [6.07, 6.45) is 1.44. The highest BCUT2D eigenvalue weighted by Gasteiger charge is 2.26. The minimum Gasteiger partial charge on any atom is -0.324 e. The third-order valence-electron chi connectivity index (χ3n) is 4.91. The number of hydrogen-bond donors (Lipinski definition) is 2. The molecule has 0 unspecified atom stereocenters. The number of piperidine rings is 1. The highest BCUT2D eigenvalue weighted by Crippen LogP contribution is 2.27. The zero-order valence-electron chi connectivity index (χ0n) is 14.4. The van der Waals surface area contributed by atoms with E-state index in [9.17, 15) is 9.59 Å². The van der Waals surface area contributed by atoms with E-state index in [1.165, 1.54) is 0 Å². The fraction of sp³-hybridized carbons (Fsp3) is 0.263. The van der Waals surface area contributed by atoms with E-state index in [-0.39, 0.29) is 17.8 Å². The van der Waals surface area contributed by atoms with Crippen LogP contribution in [0.3, 0.4) is 0 Å². The molecule has 0 spiro atoms. The highest BCUT2D eigenvalue weighted by molar-refractivity contribution is 6.42. The van der Waals surface area contributed by atoms with Crippen molar-refractivity contribution in [3.05, 3.63) is 63.0 Å². The van der Waals surface area contributed by atoms with Crippen molar-refractivity contribution in [3.63, 3.8) is 0 Å². The summed E-state index contributed by atoms with van der Waals surface area (Å²) in [7, 11) is 0. The number of amides is 2. The molecule has 27 heavy (non-hydrogen) atoms. The van der Waals surface area contributed by atoms with E-state index >= 15 is 0 Å². The van der Waals surface area contributed by atoms with Gasteiger partial charge in [-0.15, -0.1) is 0 Å². The predicted octanol–water partition coefficient (Wildman–Crippen LogP) is 4.51. The summed E-state index contributed by atoms with van der Waals surface area (Å²) in [5.41, 5.74) is 2.24. The molecule has 0 bridgehead atoms. The molecule has 4 rings (SSSR count). The molecule has 2 amide bonds. The van der Waals surface area contributed by atoms with Crippen molar-refractivity contribution < 1.29 is 4.79 Å². The summed E-state index contributed by atoms with van der Waals surface area (Å²) >= 11 is 11.9. The minimum atomic E-state index is -0.182. The molecular weight excluding hydrogens is 387 g/mol. The standard InChI is InChI=1S/C19H18Cl2N4O2/c20-14-6-5-12(11-15(14)21)22-18(26)24-9-7-13(8-10-24)25-17-4-2-1-3-16(17)23-19(25)27/h1-6,11,13H,7-10H2,(H,22,26)(H,23,27). The molecule has 3 aromatic rings. The van der Waals surface area contributed by atoms with Crippen molar-refractivity contribution in [1.82, 2.24) is 14.5 Å². The molecule has 0 atom stereocenters. The Kier molecular flexibility index (Phi) is 4.85. The number of imidazole rings is 1. The Morgan fingerprint density at radius 2 is 1.81 bits per heavy atom. The number of aromatic nitrogens is 2. The predicted molar refractivity (Wildman–Crippen MR) is 108 cm³/mol. The molecule has 0 aliphatic carbocycles. The number of carbonyl (C=O) groups excluding carboxylic acids is 1. The van der Waals surface area contributed by atoms with Crippen LogP contribution in [0.2, 0.25) is 10.0 Å². The van der Waals surface area contributed by atoms with Gasteiger partial charge in [0.1, 0.15) is 0 Å². The number of fused-ring (bicyclic) bond motifs is 1. The first-order valence-electron chi connectivity index (χ1n) is 8.73. The maximum Gasteiger partial charge on any atom is 0.326 e. The van der Waals surface area contributed by atoms with E-state index in [4.69, 9.17) is 23.2 Å². The number of benzene rings is 2. The normalized spacial score (nSPS) is 15.3. The molecule has 8 heteroatoms. The number of hydrogen-bond acceptors (Lipinski definition) is 2. The maximum atomic E-state index is 12.5. The van der Waals surface area contributed by atoms with Crippen molar-refractivity contribution in [2.75, 3.05) is 18.4 Å². The lowest BCUT2D eigenvalue weighted by molar-refractivity contribution is 0.184. The number of carbonyl (C=O) groups is 1. The summed E-state index contributed by atoms with van der Waals surface area (Å²) in [4.78, 5) is 29.5. The highest BCUT2D eigenvalue weighted by atomic mass is 35.5. The Morgan fingerprint density at radius 1 is 1.07 bits per heavy atom. The quantitative estimate of drug-likeness (QED) is 0.659. The minimum absolute atomic E-state index is 0.0719. The topological polar surface area (TPSA) is 70.1 Å². The van der Waals surface area contributed by atoms with Crippen molar-refractivity contribution in [2.45, 2.75) is 18.9 Å². The molecule has 1 fully saturated rings. The number of anilines is 1. The van der Waals surface area contributed by atoms with Crippen LogP contribution in [0.4, 0.5) is 10.5 Å². The van der Waals surface area contributed by atoms with Crippen molar-refractivity contribution >= 4 is 46.0 Å². The number of nitrogens with one attached hydrogen (secondary N) is 2. The van der Waals surface area contributed by atoms with E-state index in [1.54, 1.807) is 23.1 Å². The molecule has 140 valence electrons. The molecule has 2 aromatic carbocycles. The zero-order valence-corrected chi connectivity index (χ0v) is 15.9. The lowest BCUT2D eigenvalue weighted by Gasteiger charge is -2.32. The molecule has 2 heterocycles. The molecule has 1 saturated heterocycles. The van der Waals surface area contributed by atoms with Gasteiger partial charge in [0.15, 0.2) is 0 Å². The molecule has 1 aliphatic heterocycles. The molecule has 1 aromatic heterocycles. The number of para-hydroxylation sites is 2. The summed E-state index contributed by atoms with van der Waals surface area (Å²) in [6.45, 7) is 1.15. The summed E-state index contributed by atoms with van der Waals surface area (Å²) < 4.78 is 1.81. The van der Waals surface area contributed by atoms with E-state index in [1.807, 2.05) is 28.8 Å². The average Bonchev–Trinajstić information content (AvgIpc) is 3.00. The number of H-pyrrole nitrogens is 1. The molecule has 0 saturated carbocycles. The van der Waals surface area contributed by atoms with Crippen LogP contribution in [0.1, 0.15) is 18.9 Å². The first-order valence-corrected chi connectivity index (χ1v) is 9.49. The van der Waals surface area contributed by atoms with E-state index in [0.29, 0.717) is 28.8 Å². The first kappa shape index (κ1) is 17.9. The average molecular weight is 405 g/mol. The van der Waals surface area contributed by atoms with Gasteiger partial charge >= 0.3 is 11.7 Å². The van der Waals surface area contributed by atoms with Crippen LogP contribution >= 0.6 is 23.2 Å². The largest absolute Gasteiger partial charge is 0.326 e. The van der Waals surface area contributed by atoms with Crippen LogP contribution in [0, 0.1) is 0 Å². The van der Waals surface area contributed by atoms with Crippen LogP contribution in [0.25, 0.3) is 11.0 Å². The van der Waals surface area contributed by atoms with Gasteiger partial charge in [0.05, 0.1) is 21.1 Å². The Balaban J connectivity index is 1.44. The van der Waals surface area contributed by atoms with Crippen LogP contribution in [-0.2, 0) is 0 Å². The lowest BCUT2D eigenvalue weighted by Crippen LogP contribution is -2.42. The number of likely N-dealkylation sites (tertiary alicyclic amines) is 1. The van der Waals surface area contributed by atoms with Gasteiger partial charge in [0.25, 0.3) is 0 Å². The maximum absolute atomic E-state index is 12.5. The van der Waals surface area contributed by atoms with E-state index in [0.717, 1.165) is 23.9 Å². The van der Waals surface area contributed by atoms with Crippen LogP contribution in [0.5, 0.6) is 0 Å². The third kappa shape index (κ3) is 3.55. The zero-order chi connectivity index (χ0) is 19.0. The number of urea groups is 1. The smallest absolute Gasteiger partial charge is 0.324 e. The Bertz CT molecular complexity index is 1050. The summed E-state index contributed by atoms with van der Waals surface area (Å²) in [5, 5.41) is 3.68. The van der Waals surface area contributed by atoms with Gasteiger partial charge in [0, 0.05) is 24.8 Å². The molecular formula is C19H18Cl2N4O2. The number of halogens is 2. The molecule has 2 N–H and O–H groups in total. The van der Waals surface area contributed by atoms with E-state index in [2.05, 4.69) is 10.3 Å². The van der Waals surface area contributed by atoms with Gasteiger partial charge in [-0.25, -0.2) is 9.59 Å². The number of aromatic amines is 1. The third-order valence-corrected chi connectivity index (χ3v) is 5.65. The Labute approximate surface area is 165 Å². The van der Waals surface area contributed by atoms with Crippen molar-refractivity contribution in [2.24, 2.45) is 0 Å². The second-order valence-electron chi connectivity index (χ2n) is 6.59. The van der Waals surface area contributed by atoms with Gasteiger partial charge < -0.3 is 15.2 Å². The second-order valence-corrected chi connectivity index (χ2v) is 7.41. The van der Waals surface area contributed by atoms with Gasteiger partial charge in [0.2, 0.25) is 0 Å². The molecule has 6 nitrogen and oxygen atoms in total. The second kappa shape index (κ2) is 7.29. The fourth-order valence-electron chi connectivity index (χ4n) is 3.54. The Hall–Kier alpha value is -2.44. The number of nitrogens with zero attached hydrogens (tertiary/aromatic N) is 2. The van der Waals surface area contributed by atoms with Gasteiger partial charge in [-0.3, -0.25) is 4.57 Å². The fourth-order valence-corrected chi connectivity index (χ4v) is 3.84. The van der Waals surface area contributed by atoms with Crippen molar-refractivity contribution in [3.8, 4) is 0 Å². The first-order chi connectivity index (χ1) is 13.0. The summed E-state index contributed by atoms with van der Waals surface area (Å²) in [5.74, 6) is 0. The van der Waals surface area contributed by atoms with Gasteiger partial charge in [-0.05, 0) is 43.2 Å². The lowest BCUT2D eigenvalue weighted by atomic mass is 10.0. The van der Waals surface area contributed by atoms with Gasteiger partial charge in [-0.2, -0.15) is 0 Å². The van der Waals surface area contributed by atoms with Crippen LogP contribution < -0.4 is 11.0 Å². The SMILES string of the molecule is O=C(Nc1ccc(Cl)c(Cl)c1)N1CCC(n2c(=O)[nH]c3ccccc32)CC1.